The molecule has 0 bridgehead atoms. The van der Waals surface area contributed by atoms with Crippen molar-refractivity contribution < 1.29 is 9.59 Å². The smallest absolute Gasteiger partial charge is 0.246 e. The molecule has 1 heterocycles. The highest BCUT2D eigenvalue weighted by atomic mass is 16.2. The Balaban J connectivity index is 3.16. The number of rotatable bonds is 5. The van der Waals surface area contributed by atoms with Crippen molar-refractivity contribution in [3.63, 3.8) is 0 Å². The van der Waals surface area contributed by atoms with Gasteiger partial charge in [-0.15, -0.1) is 0 Å². The molecule has 1 N–H and O–H groups in total. The molecule has 2 unspecified atom stereocenters. The Labute approximate surface area is 116 Å². The van der Waals surface area contributed by atoms with Crippen molar-refractivity contribution in [3.05, 3.63) is 0 Å². The van der Waals surface area contributed by atoms with Crippen LogP contribution in [0.1, 0.15) is 60.8 Å². The molecule has 1 rings (SSSR count). The van der Waals surface area contributed by atoms with Gasteiger partial charge in [0, 0.05) is 5.54 Å². The average Bonchev–Trinajstić information content (AvgIpc) is 2.30. The first-order chi connectivity index (χ1) is 8.76. The molecule has 0 radical (unpaired) electrons. The molecule has 4 heteroatoms. The Morgan fingerprint density at radius 3 is 2.26 bits per heavy atom. The monoisotopic (exact) mass is 268 g/mol. The minimum atomic E-state index is -0.362. The number of carbonyl (C=O) groups excluding carboxylic acids is 2. The molecule has 0 aromatic rings. The van der Waals surface area contributed by atoms with Crippen molar-refractivity contribution in [3.8, 4) is 0 Å². The molecule has 4 nitrogen and oxygen atoms in total. The summed E-state index contributed by atoms with van der Waals surface area (Å²) in [6.07, 6.45) is 2.56. The Hall–Kier alpha value is -1.06. The quantitative estimate of drug-likeness (QED) is 0.832. The first-order valence-electron chi connectivity index (χ1n) is 7.39. The topological polar surface area (TPSA) is 49.4 Å². The van der Waals surface area contributed by atoms with Crippen molar-refractivity contribution in [2.24, 2.45) is 5.92 Å². The molecule has 2 atom stereocenters. The number of hydrogen-bond acceptors (Lipinski definition) is 2. The second-order valence-corrected chi connectivity index (χ2v) is 6.43. The van der Waals surface area contributed by atoms with E-state index in [-0.39, 0.29) is 35.4 Å². The van der Waals surface area contributed by atoms with Crippen LogP contribution >= 0.6 is 0 Å². The van der Waals surface area contributed by atoms with E-state index in [1.807, 2.05) is 25.7 Å². The van der Waals surface area contributed by atoms with Gasteiger partial charge < -0.3 is 10.2 Å². The molecule has 2 amide bonds. The summed E-state index contributed by atoms with van der Waals surface area (Å²) >= 11 is 0. The standard InChI is InChI=1S/C15H28N2O2/c1-7-9-15(5,6)17-12(10(3)4)13(18)16-11(8-2)14(17)19/h10-12H,7-9H2,1-6H3,(H,16,18). The van der Waals surface area contributed by atoms with Crippen LogP contribution in [0.15, 0.2) is 0 Å². The van der Waals surface area contributed by atoms with E-state index in [2.05, 4.69) is 26.1 Å². The van der Waals surface area contributed by atoms with Crippen LogP contribution in [0.2, 0.25) is 0 Å². The molecular formula is C15H28N2O2. The van der Waals surface area contributed by atoms with Gasteiger partial charge in [-0.2, -0.15) is 0 Å². The second kappa shape index (κ2) is 5.93. The normalized spacial score (nSPS) is 24.9. The molecule has 0 spiro atoms. The minimum Gasteiger partial charge on any atom is -0.343 e. The summed E-state index contributed by atoms with van der Waals surface area (Å²) < 4.78 is 0. The molecule has 0 aromatic carbocycles. The zero-order chi connectivity index (χ0) is 14.8. The summed E-state index contributed by atoms with van der Waals surface area (Å²) in [5.74, 6) is 0.183. The Morgan fingerprint density at radius 1 is 1.26 bits per heavy atom. The summed E-state index contributed by atoms with van der Waals surface area (Å²) in [6.45, 7) is 12.2. The van der Waals surface area contributed by atoms with E-state index in [0.717, 1.165) is 12.8 Å². The summed E-state index contributed by atoms with van der Waals surface area (Å²) in [7, 11) is 0. The van der Waals surface area contributed by atoms with Gasteiger partial charge in [-0.3, -0.25) is 9.59 Å². The van der Waals surface area contributed by atoms with Crippen molar-refractivity contribution in [1.29, 1.82) is 0 Å². The van der Waals surface area contributed by atoms with Gasteiger partial charge in [-0.1, -0.05) is 34.1 Å². The van der Waals surface area contributed by atoms with Crippen molar-refractivity contribution in [1.82, 2.24) is 10.2 Å². The zero-order valence-corrected chi connectivity index (χ0v) is 13.1. The second-order valence-electron chi connectivity index (χ2n) is 6.43. The number of piperazine rings is 1. The molecule has 1 saturated heterocycles. The highest BCUT2D eigenvalue weighted by Gasteiger charge is 2.46. The fourth-order valence-corrected chi connectivity index (χ4v) is 3.03. The average molecular weight is 268 g/mol. The predicted molar refractivity (Wildman–Crippen MR) is 76.7 cm³/mol. The first kappa shape index (κ1) is 16.0. The van der Waals surface area contributed by atoms with Gasteiger partial charge in [0.1, 0.15) is 12.1 Å². The van der Waals surface area contributed by atoms with Gasteiger partial charge in [0.2, 0.25) is 11.8 Å². The number of hydrogen-bond donors (Lipinski definition) is 1. The number of amides is 2. The lowest BCUT2D eigenvalue weighted by molar-refractivity contribution is -0.158. The Bertz CT molecular complexity index is 350. The molecule has 110 valence electrons. The van der Waals surface area contributed by atoms with E-state index in [4.69, 9.17) is 0 Å². The summed E-state index contributed by atoms with van der Waals surface area (Å²) in [6, 6.07) is -0.713. The van der Waals surface area contributed by atoms with Crippen molar-refractivity contribution in [2.45, 2.75) is 78.4 Å². The highest BCUT2D eigenvalue weighted by molar-refractivity contribution is 5.97. The largest absolute Gasteiger partial charge is 0.343 e. The lowest BCUT2D eigenvalue weighted by Gasteiger charge is -2.49. The maximum atomic E-state index is 12.6. The lowest BCUT2D eigenvalue weighted by Crippen LogP contribution is -2.69. The fourth-order valence-electron chi connectivity index (χ4n) is 3.03. The van der Waals surface area contributed by atoms with Crippen LogP contribution in [0.3, 0.4) is 0 Å². The third-order valence-corrected chi connectivity index (χ3v) is 3.95. The molecule has 0 saturated carbocycles. The zero-order valence-electron chi connectivity index (χ0n) is 13.1. The van der Waals surface area contributed by atoms with E-state index in [0.29, 0.717) is 6.42 Å². The van der Waals surface area contributed by atoms with Gasteiger partial charge >= 0.3 is 0 Å². The fraction of sp³-hybridized carbons (Fsp3) is 0.867. The Kier molecular flexibility index (Phi) is 4.99. The Morgan fingerprint density at radius 2 is 1.84 bits per heavy atom. The van der Waals surface area contributed by atoms with Gasteiger partial charge in [0.25, 0.3) is 0 Å². The van der Waals surface area contributed by atoms with Crippen LogP contribution in [-0.2, 0) is 9.59 Å². The van der Waals surface area contributed by atoms with Gasteiger partial charge in [0.05, 0.1) is 0 Å². The molecule has 1 aliphatic rings. The summed E-state index contributed by atoms with van der Waals surface area (Å²) in [5.41, 5.74) is -0.272. The summed E-state index contributed by atoms with van der Waals surface area (Å²) in [5, 5.41) is 2.86. The molecule has 0 aliphatic carbocycles. The van der Waals surface area contributed by atoms with Crippen molar-refractivity contribution >= 4 is 11.8 Å². The van der Waals surface area contributed by atoms with Gasteiger partial charge in [0.15, 0.2) is 0 Å². The SMILES string of the molecule is CCCC(C)(C)N1C(=O)C(CC)NC(=O)C1C(C)C. The van der Waals surface area contributed by atoms with Crippen LogP contribution in [-0.4, -0.2) is 34.3 Å². The van der Waals surface area contributed by atoms with Crippen LogP contribution in [0.5, 0.6) is 0 Å². The third kappa shape index (κ3) is 3.10. The number of nitrogens with zero attached hydrogens (tertiary/aromatic N) is 1. The number of carbonyl (C=O) groups is 2. The van der Waals surface area contributed by atoms with E-state index < -0.39 is 0 Å². The van der Waals surface area contributed by atoms with E-state index in [9.17, 15) is 9.59 Å². The molecule has 1 aliphatic heterocycles. The van der Waals surface area contributed by atoms with Crippen LogP contribution < -0.4 is 5.32 Å². The highest BCUT2D eigenvalue weighted by Crippen LogP contribution is 2.30. The lowest BCUT2D eigenvalue weighted by atomic mass is 9.87. The van der Waals surface area contributed by atoms with Crippen LogP contribution in [0.25, 0.3) is 0 Å². The van der Waals surface area contributed by atoms with Crippen molar-refractivity contribution in [2.75, 3.05) is 0 Å². The van der Waals surface area contributed by atoms with E-state index >= 15 is 0 Å². The predicted octanol–water partition coefficient (Wildman–Crippen LogP) is 2.33. The van der Waals surface area contributed by atoms with E-state index in [1.54, 1.807) is 0 Å². The van der Waals surface area contributed by atoms with Crippen LogP contribution in [0, 0.1) is 5.92 Å². The molecule has 1 fully saturated rings. The first-order valence-corrected chi connectivity index (χ1v) is 7.39. The molecular weight excluding hydrogens is 240 g/mol. The maximum absolute atomic E-state index is 12.6. The number of nitrogens with one attached hydrogen (secondary N) is 1. The third-order valence-electron chi connectivity index (χ3n) is 3.95. The van der Waals surface area contributed by atoms with Crippen LogP contribution in [0.4, 0.5) is 0 Å². The van der Waals surface area contributed by atoms with Gasteiger partial charge in [-0.05, 0) is 32.6 Å². The molecule has 0 aromatic heterocycles. The minimum absolute atomic E-state index is 0.00868. The molecule has 19 heavy (non-hydrogen) atoms. The van der Waals surface area contributed by atoms with Gasteiger partial charge in [-0.25, -0.2) is 0 Å². The van der Waals surface area contributed by atoms with E-state index in [1.165, 1.54) is 0 Å². The maximum Gasteiger partial charge on any atom is 0.246 e. The summed E-state index contributed by atoms with van der Waals surface area (Å²) in [4.78, 5) is 26.8.